The topological polar surface area (TPSA) is 77.3 Å². The van der Waals surface area contributed by atoms with Crippen molar-refractivity contribution in [1.29, 1.82) is 0 Å². The second-order valence-electron chi connectivity index (χ2n) is 4.86. The SMILES string of the molecule is CCOC(=O)C(N=Nc1ccccc1)(OC(C)=O)c1ccccc1. The van der Waals surface area contributed by atoms with Crippen LogP contribution in [0.15, 0.2) is 70.9 Å². The van der Waals surface area contributed by atoms with Gasteiger partial charge in [0.2, 0.25) is 0 Å². The van der Waals surface area contributed by atoms with Gasteiger partial charge in [-0.1, -0.05) is 48.5 Å². The van der Waals surface area contributed by atoms with E-state index in [-0.39, 0.29) is 6.61 Å². The number of carbonyl (C=O) groups is 2. The number of rotatable bonds is 6. The van der Waals surface area contributed by atoms with Gasteiger partial charge in [-0.05, 0) is 19.1 Å². The van der Waals surface area contributed by atoms with Crippen LogP contribution in [0.5, 0.6) is 0 Å². The van der Waals surface area contributed by atoms with Crippen molar-refractivity contribution in [1.82, 2.24) is 0 Å². The molecule has 24 heavy (non-hydrogen) atoms. The molecule has 0 saturated heterocycles. The average molecular weight is 326 g/mol. The molecule has 2 aromatic rings. The molecule has 2 rings (SSSR count). The molecule has 2 aromatic carbocycles. The maximum atomic E-state index is 12.6. The molecule has 0 aliphatic carbocycles. The van der Waals surface area contributed by atoms with Gasteiger partial charge in [-0.2, -0.15) is 5.11 Å². The van der Waals surface area contributed by atoms with Crippen LogP contribution in [-0.2, 0) is 24.8 Å². The van der Waals surface area contributed by atoms with Crippen LogP contribution in [0, 0.1) is 0 Å². The van der Waals surface area contributed by atoms with Crippen molar-refractivity contribution < 1.29 is 19.1 Å². The molecule has 124 valence electrons. The molecule has 6 nitrogen and oxygen atoms in total. The molecule has 0 fully saturated rings. The van der Waals surface area contributed by atoms with Crippen LogP contribution in [0.2, 0.25) is 0 Å². The van der Waals surface area contributed by atoms with Crippen LogP contribution in [-0.4, -0.2) is 18.5 Å². The predicted octanol–water partition coefficient (Wildman–Crippen LogP) is 3.75. The lowest BCUT2D eigenvalue weighted by Gasteiger charge is -2.25. The van der Waals surface area contributed by atoms with Crippen LogP contribution in [0.1, 0.15) is 19.4 Å². The Hall–Kier alpha value is -3.02. The molecule has 0 bridgehead atoms. The maximum absolute atomic E-state index is 12.6. The first-order valence-electron chi connectivity index (χ1n) is 7.48. The van der Waals surface area contributed by atoms with Crippen LogP contribution in [0.3, 0.4) is 0 Å². The molecule has 0 N–H and O–H groups in total. The number of carbonyl (C=O) groups excluding carboxylic acids is 2. The van der Waals surface area contributed by atoms with E-state index in [1.165, 1.54) is 6.92 Å². The van der Waals surface area contributed by atoms with Gasteiger partial charge in [0.25, 0.3) is 0 Å². The van der Waals surface area contributed by atoms with Crippen molar-refractivity contribution in [3.63, 3.8) is 0 Å². The lowest BCUT2D eigenvalue weighted by Crippen LogP contribution is -2.39. The fourth-order valence-electron chi connectivity index (χ4n) is 2.06. The van der Waals surface area contributed by atoms with Crippen LogP contribution >= 0.6 is 0 Å². The summed E-state index contributed by atoms with van der Waals surface area (Å²) in [7, 11) is 0. The van der Waals surface area contributed by atoms with E-state index in [0.29, 0.717) is 11.3 Å². The van der Waals surface area contributed by atoms with Crippen LogP contribution in [0.4, 0.5) is 5.69 Å². The van der Waals surface area contributed by atoms with Crippen molar-refractivity contribution in [3.8, 4) is 0 Å². The Morgan fingerprint density at radius 1 is 1.00 bits per heavy atom. The first kappa shape index (κ1) is 17.3. The molecule has 0 amide bonds. The summed E-state index contributed by atoms with van der Waals surface area (Å²) in [4.78, 5) is 24.2. The molecule has 0 aromatic heterocycles. The third-order valence-corrected chi connectivity index (χ3v) is 3.07. The Morgan fingerprint density at radius 3 is 2.12 bits per heavy atom. The standard InChI is InChI=1S/C18H18N2O4/c1-3-23-17(22)18(24-14(2)21,15-10-6-4-7-11-15)20-19-16-12-8-5-9-13-16/h4-13H,3H2,1-2H3. The quantitative estimate of drug-likeness (QED) is 0.598. The van der Waals surface area contributed by atoms with Crippen LogP contribution in [0.25, 0.3) is 0 Å². The summed E-state index contributed by atoms with van der Waals surface area (Å²) >= 11 is 0. The summed E-state index contributed by atoms with van der Waals surface area (Å²) in [5.74, 6) is -1.47. The van der Waals surface area contributed by atoms with Gasteiger partial charge in [-0.15, -0.1) is 5.11 Å². The van der Waals surface area contributed by atoms with Gasteiger partial charge >= 0.3 is 17.7 Å². The normalized spacial score (nSPS) is 13.2. The molecule has 0 radical (unpaired) electrons. The highest BCUT2D eigenvalue weighted by Gasteiger charge is 2.46. The minimum atomic E-state index is -1.97. The van der Waals surface area contributed by atoms with Gasteiger partial charge in [0.1, 0.15) is 0 Å². The summed E-state index contributed by atoms with van der Waals surface area (Å²) in [6.07, 6.45) is 0. The van der Waals surface area contributed by atoms with Crippen molar-refractivity contribution >= 4 is 17.6 Å². The molecular weight excluding hydrogens is 308 g/mol. The summed E-state index contributed by atoms with van der Waals surface area (Å²) in [5, 5.41) is 8.12. The number of hydrogen-bond donors (Lipinski definition) is 0. The number of hydrogen-bond acceptors (Lipinski definition) is 6. The highest BCUT2D eigenvalue weighted by molar-refractivity contribution is 5.84. The number of nitrogens with zero attached hydrogens (tertiary/aromatic N) is 2. The lowest BCUT2D eigenvalue weighted by atomic mass is 10.0. The van der Waals surface area contributed by atoms with E-state index in [9.17, 15) is 9.59 Å². The zero-order chi connectivity index (χ0) is 17.4. The number of ether oxygens (including phenoxy) is 2. The van der Waals surface area contributed by atoms with Gasteiger partial charge in [0, 0.05) is 12.5 Å². The molecule has 0 saturated carbocycles. The Kier molecular flexibility index (Phi) is 5.78. The first-order chi connectivity index (χ1) is 11.6. The van der Waals surface area contributed by atoms with Gasteiger partial charge in [-0.3, -0.25) is 4.79 Å². The Balaban J connectivity index is 2.54. The van der Waals surface area contributed by atoms with Crippen LogP contribution < -0.4 is 0 Å². The van der Waals surface area contributed by atoms with Gasteiger partial charge in [0.05, 0.1) is 12.3 Å². The zero-order valence-electron chi connectivity index (χ0n) is 13.5. The van der Waals surface area contributed by atoms with Crippen molar-refractivity contribution in [2.45, 2.75) is 19.6 Å². The van der Waals surface area contributed by atoms with Gasteiger partial charge < -0.3 is 9.47 Å². The minimum absolute atomic E-state index is 0.121. The fourth-order valence-corrected chi connectivity index (χ4v) is 2.06. The second kappa shape index (κ2) is 8.01. The third kappa shape index (κ3) is 4.04. The van der Waals surface area contributed by atoms with E-state index in [2.05, 4.69) is 10.2 Å². The lowest BCUT2D eigenvalue weighted by molar-refractivity contribution is -0.183. The Bertz CT molecular complexity index is 716. The largest absolute Gasteiger partial charge is 0.461 e. The molecule has 1 atom stereocenters. The molecular formula is C18H18N2O4. The molecule has 1 unspecified atom stereocenters. The summed E-state index contributed by atoms with van der Waals surface area (Å²) in [6, 6.07) is 17.3. The second-order valence-corrected chi connectivity index (χ2v) is 4.86. The summed E-state index contributed by atoms with van der Waals surface area (Å²) < 4.78 is 10.4. The summed E-state index contributed by atoms with van der Waals surface area (Å²) in [5.41, 5.74) is -1.09. The van der Waals surface area contributed by atoms with E-state index in [1.54, 1.807) is 61.5 Å². The van der Waals surface area contributed by atoms with E-state index in [0.717, 1.165) is 0 Å². The molecule has 0 spiro atoms. The number of esters is 2. The molecule has 0 aliphatic heterocycles. The van der Waals surface area contributed by atoms with E-state index in [4.69, 9.17) is 9.47 Å². The predicted molar refractivity (Wildman–Crippen MR) is 87.5 cm³/mol. The maximum Gasteiger partial charge on any atom is 0.381 e. The monoisotopic (exact) mass is 326 g/mol. The van der Waals surface area contributed by atoms with Gasteiger partial charge in [-0.25, -0.2) is 4.79 Å². The first-order valence-corrected chi connectivity index (χ1v) is 7.48. The van der Waals surface area contributed by atoms with Crippen molar-refractivity contribution in [2.75, 3.05) is 6.61 Å². The molecule has 0 aliphatic rings. The minimum Gasteiger partial charge on any atom is -0.461 e. The third-order valence-electron chi connectivity index (χ3n) is 3.07. The summed E-state index contributed by atoms with van der Waals surface area (Å²) in [6.45, 7) is 2.99. The molecule has 0 heterocycles. The van der Waals surface area contributed by atoms with Crippen molar-refractivity contribution in [3.05, 3.63) is 66.2 Å². The number of benzene rings is 2. The van der Waals surface area contributed by atoms with Gasteiger partial charge in [0.15, 0.2) is 0 Å². The zero-order valence-corrected chi connectivity index (χ0v) is 13.5. The molecule has 6 heteroatoms. The number of azo groups is 1. The fraction of sp³-hybridized carbons (Fsp3) is 0.222. The van der Waals surface area contributed by atoms with Crippen molar-refractivity contribution in [2.24, 2.45) is 10.2 Å². The van der Waals surface area contributed by atoms with E-state index >= 15 is 0 Å². The highest BCUT2D eigenvalue weighted by atomic mass is 16.6. The average Bonchev–Trinajstić information content (AvgIpc) is 2.60. The Morgan fingerprint density at radius 2 is 1.58 bits per heavy atom. The highest BCUT2D eigenvalue weighted by Crippen LogP contribution is 2.31. The van der Waals surface area contributed by atoms with E-state index in [1.807, 2.05) is 6.07 Å². The Labute approximate surface area is 140 Å². The smallest absolute Gasteiger partial charge is 0.381 e. The van der Waals surface area contributed by atoms with E-state index < -0.39 is 17.7 Å².